The maximum atomic E-state index is 13.0. The lowest BCUT2D eigenvalue weighted by Gasteiger charge is -2.40. The van der Waals surface area contributed by atoms with Crippen molar-refractivity contribution < 1.29 is 18.8 Å². The van der Waals surface area contributed by atoms with Gasteiger partial charge in [-0.3, -0.25) is 14.3 Å². The normalized spacial score (nSPS) is 14.9. The Morgan fingerprint density at radius 2 is 1.52 bits per heavy atom. The molecule has 46 heavy (non-hydrogen) atoms. The lowest BCUT2D eigenvalue weighted by Crippen LogP contribution is -2.54. The van der Waals surface area contributed by atoms with Gasteiger partial charge in [0.15, 0.2) is 5.78 Å². The van der Waals surface area contributed by atoms with Crippen LogP contribution in [0.3, 0.4) is 0 Å². The Morgan fingerprint density at radius 1 is 0.913 bits per heavy atom. The summed E-state index contributed by atoms with van der Waals surface area (Å²) in [5.74, 6) is -0.225. The number of piperidine rings is 1. The molecule has 2 aliphatic heterocycles. The van der Waals surface area contributed by atoms with Crippen LogP contribution in [0.1, 0.15) is 106 Å². The van der Waals surface area contributed by atoms with Gasteiger partial charge in [-0.05, 0) is 96.7 Å². The molecule has 252 valence electrons. The van der Waals surface area contributed by atoms with Crippen LogP contribution in [0.15, 0.2) is 48.7 Å². The number of benzene rings is 2. The molecule has 5 rings (SSSR count). The molecule has 1 aromatic heterocycles. The summed E-state index contributed by atoms with van der Waals surface area (Å²) >= 11 is 0. The predicted octanol–water partition coefficient (Wildman–Crippen LogP) is 8.02. The van der Waals surface area contributed by atoms with E-state index >= 15 is 0 Å². The molecule has 0 saturated carbocycles. The average Bonchev–Trinajstić information content (AvgIpc) is 3.52. The molecule has 0 radical (unpaired) electrons. The van der Waals surface area contributed by atoms with E-state index in [4.69, 9.17) is 0 Å². The van der Waals surface area contributed by atoms with Crippen molar-refractivity contribution in [3.8, 4) is 11.3 Å². The summed E-state index contributed by atoms with van der Waals surface area (Å²) in [6.07, 6.45) is 4.31. The Kier molecular flexibility index (Phi) is 14.6. The van der Waals surface area contributed by atoms with Crippen LogP contribution in [0.4, 0.5) is 9.18 Å². The molecule has 2 aliphatic rings. The maximum Gasteiger partial charge on any atom is 0.317 e. The molecular weight excluding hydrogens is 581 g/mol. The second-order valence-corrected chi connectivity index (χ2v) is 12.2. The standard InChI is InChI=1S/C18H25N3O2.C15H17FN2O.2C2H6/c1-13-4-5-14(2)16(12-13)17(22)20-10-6-15(7-11-20)21-9-3-8-19-18(21)23;1-10(19)13-9-17-18(15(2,3)4)14(13)11-5-7-12(16)8-6-11;2*1-2/h4-5,12,15H,3,6-11H2,1-2H3,(H,19,23);5-9H,1-4H3;2*1-2H3. The van der Waals surface area contributed by atoms with E-state index in [9.17, 15) is 18.8 Å². The van der Waals surface area contributed by atoms with Gasteiger partial charge in [0.05, 0.1) is 23.0 Å². The highest BCUT2D eigenvalue weighted by Gasteiger charge is 2.31. The van der Waals surface area contributed by atoms with E-state index in [2.05, 4.69) is 10.4 Å². The number of rotatable bonds is 4. The van der Waals surface area contributed by atoms with Gasteiger partial charge >= 0.3 is 6.03 Å². The quantitative estimate of drug-likeness (QED) is 0.294. The minimum atomic E-state index is -0.296. The number of carbonyl (C=O) groups excluding carboxylic acids is 3. The number of halogens is 1. The predicted molar refractivity (Wildman–Crippen MR) is 185 cm³/mol. The molecule has 1 N–H and O–H groups in total. The SMILES string of the molecule is CC.CC.CC(=O)c1cnn(C(C)(C)C)c1-c1ccc(F)cc1.Cc1ccc(C)c(C(=O)N2CCC(N3CCCNC3=O)CC2)c1. The molecule has 2 aromatic carbocycles. The summed E-state index contributed by atoms with van der Waals surface area (Å²) in [6.45, 7) is 22.6. The molecule has 0 bridgehead atoms. The van der Waals surface area contributed by atoms with E-state index in [1.165, 1.54) is 19.1 Å². The fourth-order valence-corrected chi connectivity index (χ4v) is 5.51. The van der Waals surface area contributed by atoms with E-state index in [0.717, 1.165) is 73.4 Å². The van der Waals surface area contributed by atoms with Crippen LogP contribution in [0.5, 0.6) is 0 Å². The number of amides is 3. The molecule has 3 aromatic rings. The number of carbonyl (C=O) groups is 3. The molecule has 0 aliphatic carbocycles. The molecule has 0 atom stereocenters. The van der Waals surface area contributed by atoms with Gasteiger partial charge in [-0.15, -0.1) is 0 Å². The van der Waals surface area contributed by atoms with Crippen molar-refractivity contribution >= 4 is 17.7 Å². The first kappa shape index (κ1) is 38.2. The van der Waals surface area contributed by atoms with Crippen LogP contribution in [0, 0.1) is 19.7 Å². The molecule has 2 fully saturated rings. The Labute approximate surface area is 275 Å². The number of nitrogens with zero attached hydrogens (tertiary/aromatic N) is 4. The number of aromatic nitrogens is 2. The topological polar surface area (TPSA) is 87.5 Å². The van der Waals surface area contributed by atoms with Crippen molar-refractivity contribution in [2.75, 3.05) is 26.2 Å². The zero-order valence-corrected chi connectivity index (χ0v) is 29.5. The molecule has 3 heterocycles. The van der Waals surface area contributed by atoms with Crippen LogP contribution in [-0.4, -0.2) is 69.5 Å². The zero-order chi connectivity index (χ0) is 34.6. The van der Waals surface area contributed by atoms with E-state index in [-0.39, 0.29) is 35.1 Å². The van der Waals surface area contributed by atoms with Crippen LogP contribution in [-0.2, 0) is 5.54 Å². The summed E-state index contributed by atoms with van der Waals surface area (Å²) in [7, 11) is 0. The van der Waals surface area contributed by atoms with Crippen LogP contribution >= 0.6 is 0 Å². The van der Waals surface area contributed by atoms with Crippen LogP contribution in [0.2, 0.25) is 0 Å². The number of hydrogen-bond donors (Lipinski definition) is 1. The van der Waals surface area contributed by atoms with Gasteiger partial charge in [-0.25, -0.2) is 9.18 Å². The number of aryl methyl sites for hydroxylation is 2. The van der Waals surface area contributed by atoms with Crippen molar-refractivity contribution in [1.29, 1.82) is 0 Å². The smallest absolute Gasteiger partial charge is 0.317 e. The lowest BCUT2D eigenvalue weighted by atomic mass is 9.99. The number of Topliss-reactive ketones (excluding diaryl/α,β-unsaturated/α-hetero) is 1. The Balaban J connectivity index is 0.000000293. The number of ketones is 1. The van der Waals surface area contributed by atoms with Crippen molar-refractivity contribution in [1.82, 2.24) is 24.9 Å². The monoisotopic (exact) mass is 635 g/mol. The maximum absolute atomic E-state index is 13.0. The molecule has 9 heteroatoms. The van der Waals surface area contributed by atoms with E-state index in [1.54, 1.807) is 23.0 Å². The van der Waals surface area contributed by atoms with Crippen LogP contribution < -0.4 is 5.32 Å². The summed E-state index contributed by atoms with van der Waals surface area (Å²) in [6, 6.07) is 12.4. The van der Waals surface area contributed by atoms with Crippen molar-refractivity contribution in [2.45, 2.75) is 100 Å². The summed E-state index contributed by atoms with van der Waals surface area (Å²) in [5, 5.41) is 7.22. The molecule has 0 unspecified atom stereocenters. The second-order valence-electron chi connectivity index (χ2n) is 12.2. The highest BCUT2D eigenvalue weighted by molar-refractivity contribution is 6.00. The fraction of sp³-hybridized carbons (Fsp3) is 0.514. The highest BCUT2D eigenvalue weighted by Crippen LogP contribution is 2.29. The first-order chi connectivity index (χ1) is 21.9. The number of hydrogen-bond acceptors (Lipinski definition) is 4. The van der Waals surface area contributed by atoms with Crippen molar-refractivity contribution in [2.24, 2.45) is 0 Å². The molecule has 0 spiro atoms. The molecule has 8 nitrogen and oxygen atoms in total. The third-order valence-corrected chi connectivity index (χ3v) is 7.83. The van der Waals surface area contributed by atoms with Crippen LogP contribution in [0.25, 0.3) is 11.3 Å². The number of urea groups is 1. The second kappa shape index (κ2) is 17.6. The van der Waals surface area contributed by atoms with Gasteiger partial charge in [-0.1, -0.05) is 45.4 Å². The number of likely N-dealkylation sites (tertiary alicyclic amines) is 1. The molecule has 3 amide bonds. The Morgan fingerprint density at radius 3 is 2.07 bits per heavy atom. The average molecular weight is 636 g/mol. The van der Waals surface area contributed by atoms with E-state index in [0.29, 0.717) is 5.56 Å². The summed E-state index contributed by atoms with van der Waals surface area (Å²) in [4.78, 5) is 40.3. The summed E-state index contributed by atoms with van der Waals surface area (Å²) in [5.41, 5.74) is 4.77. The van der Waals surface area contributed by atoms with Gasteiger partial charge < -0.3 is 15.1 Å². The molecule has 2 saturated heterocycles. The van der Waals surface area contributed by atoms with E-state index in [1.807, 2.05) is 90.3 Å². The van der Waals surface area contributed by atoms with Gasteiger partial charge in [-0.2, -0.15) is 5.10 Å². The lowest BCUT2D eigenvalue weighted by molar-refractivity contribution is 0.0641. The third-order valence-electron chi connectivity index (χ3n) is 7.83. The molecular formula is C37H54FN5O3. The highest BCUT2D eigenvalue weighted by atomic mass is 19.1. The number of nitrogens with one attached hydrogen (secondary N) is 1. The van der Waals surface area contributed by atoms with E-state index < -0.39 is 0 Å². The first-order valence-corrected chi connectivity index (χ1v) is 16.6. The fourth-order valence-electron chi connectivity index (χ4n) is 5.51. The van der Waals surface area contributed by atoms with Crippen molar-refractivity contribution in [3.63, 3.8) is 0 Å². The Hall–Kier alpha value is -4.01. The Bertz CT molecular complexity index is 1430. The van der Waals surface area contributed by atoms with Gasteiger partial charge in [0.1, 0.15) is 5.82 Å². The first-order valence-electron chi connectivity index (χ1n) is 16.6. The van der Waals surface area contributed by atoms with Gasteiger partial charge in [0.2, 0.25) is 0 Å². The minimum Gasteiger partial charge on any atom is -0.338 e. The minimum absolute atomic E-state index is 0.0465. The van der Waals surface area contributed by atoms with Gasteiger partial charge in [0.25, 0.3) is 5.91 Å². The van der Waals surface area contributed by atoms with Gasteiger partial charge in [0, 0.05) is 43.3 Å². The zero-order valence-electron chi connectivity index (χ0n) is 29.5. The van der Waals surface area contributed by atoms with Crippen molar-refractivity contribution in [3.05, 3.63) is 76.7 Å². The largest absolute Gasteiger partial charge is 0.338 e. The summed E-state index contributed by atoms with van der Waals surface area (Å²) < 4.78 is 14.8. The third kappa shape index (κ3) is 9.74.